The summed E-state index contributed by atoms with van der Waals surface area (Å²) in [6.07, 6.45) is 0. The molecule has 2 rings (SSSR count). The highest BCUT2D eigenvalue weighted by Gasteiger charge is 2.08. The molecule has 3 nitrogen and oxygen atoms in total. The van der Waals surface area contributed by atoms with Crippen LogP contribution in [0.2, 0.25) is 5.15 Å². The number of hydrogen-bond donors (Lipinski definition) is 1. The standard InChI is InChI=1S/C8H4ClF2N3/c9-7-8(12)14-6-2-4(11)3(10)1-5(6)13-7/h1-2H,(H2,12,14). The first-order chi connectivity index (χ1) is 6.58. The number of nitrogens with two attached hydrogens (primary N) is 1. The van der Waals surface area contributed by atoms with Crippen molar-refractivity contribution in [1.82, 2.24) is 9.97 Å². The van der Waals surface area contributed by atoms with Gasteiger partial charge in [-0.05, 0) is 0 Å². The molecule has 0 bridgehead atoms. The molecule has 2 N–H and O–H groups in total. The van der Waals surface area contributed by atoms with Crippen molar-refractivity contribution >= 4 is 28.5 Å². The summed E-state index contributed by atoms with van der Waals surface area (Å²) in [6, 6.07) is 1.84. The second kappa shape index (κ2) is 3.02. The molecule has 2 aromatic rings. The monoisotopic (exact) mass is 215 g/mol. The average molecular weight is 216 g/mol. The summed E-state index contributed by atoms with van der Waals surface area (Å²) in [7, 11) is 0. The fraction of sp³-hybridized carbons (Fsp3) is 0. The maximum absolute atomic E-state index is 12.8. The van der Waals surface area contributed by atoms with Gasteiger partial charge in [-0.25, -0.2) is 18.7 Å². The Labute approximate surface area is 82.5 Å². The Balaban J connectivity index is 2.83. The van der Waals surface area contributed by atoms with Gasteiger partial charge in [-0.2, -0.15) is 0 Å². The van der Waals surface area contributed by atoms with Crippen molar-refractivity contribution in [2.45, 2.75) is 0 Å². The molecular formula is C8H4ClF2N3. The van der Waals surface area contributed by atoms with Crippen LogP contribution in [0.3, 0.4) is 0 Å². The van der Waals surface area contributed by atoms with Gasteiger partial charge in [0.2, 0.25) is 0 Å². The maximum Gasteiger partial charge on any atom is 0.171 e. The fourth-order valence-electron chi connectivity index (χ4n) is 1.04. The molecule has 72 valence electrons. The van der Waals surface area contributed by atoms with Crippen LogP contribution in [0.4, 0.5) is 14.6 Å². The van der Waals surface area contributed by atoms with Gasteiger partial charge in [0.1, 0.15) is 0 Å². The largest absolute Gasteiger partial charge is 0.381 e. The normalized spacial score (nSPS) is 10.8. The molecule has 0 amide bonds. The van der Waals surface area contributed by atoms with E-state index < -0.39 is 11.6 Å². The zero-order valence-corrected chi connectivity index (χ0v) is 7.52. The van der Waals surface area contributed by atoms with E-state index in [0.717, 1.165) is 12.1 Å². The Hall–Kier alpha value is -1.49. The summed E-state index contributed by atoms with van der Waals surface area (Å²) in [5, 5.41) is -0.0245. The summed E-state index contributed by atoms with van der Waals surface area (Å²) < 4.78 is 25.5. The molecule has 0 saturated heterocycles. The average Bonchev–Trinajstić information content (AvgIpc) is 2.11. The van der Waals surface area contributed by atoms with Crippen LogP contribution < -0.4 is 5.73 Å². The van der Waals surface area contributed by atoms with Gasteiger partial charge in [-0.3, -0.25) is 0 Å². The van der Waals surface area contributed by atoms with E-state index >= 15 is 0 Å². The van der Waals surface area contributed by atoms with Crippen LogP contribution >= 0.6 is 11.6 Å². The molecule has 6 heteroatoms. The lowest BCUT2D eigenvalue weighted by Gasteiger charge is -2.00. The molecule has 0 saturated carbocycles. The summed E-state index contributed by atoms with van der Waals surface area (Å²) in [6.45, 7) is 0. The second-order valence-corrected chi connectivity index (χ2v) is 3.01. The van der Waals surface area contributed by atoms with Gasteiger partial charge < -0.3 is 5.73 Å². The predicted molar refractivity (Wildman–Crippen MR) is 48.9 cm³/mol. The first-order valence-electron chi connectivity index (χ1n) is 3.65. The van der Waals surface area contributed by atoms with Crippen LogP contribution in [0, 0.1) is 11.6 Å². The first kappa shape index (κ1) is 9.08. The lowest BCUT2D eigenvalue weighted by atomic mass is 10.3. The van der Waals surface area contributed by atoms with Crippen molar-refractivity contribution in [1.29, 1.82) is 0 Å². The van der Waals surface area contributed by atoms with Crippen molar-refractivity contribution in [3.8, 4) is 0 Å². The van der Waals surface area contributed by atoms with Gasteiger partial charge in [0, 0.05) is 12.1 Å². The third-order valence-corrected chi connectivity index (χ3v) is 1.97. The summed E-state index contributed by atoms with van der Waals surface area (Å²) in [5.74, 6) is -1.99. The van der Waals surface area contributed by atoms with Gasteiger partial charge in [0.25, 0.3) is 0 Å². The van der Waals surface area contributed by atoms with Crippen LogP contribution in [0.1, 0.15) is 0 Å². The molecule has 14 heavy (non-hydrogen) atoms. The van der Waals surface area contributed by atoms with E-state index in [0.29, 0.717) is 0 Å². The number of rotatable bonds is 0. The Morgan fingerprint density at radius 1 is 1.07 bits per heavy atom. The Morgan fingerprint density at radius 2 is 1.57 bits per heavy atom. The first-order valence-corrected chi connectivity index (χ1v) is 4.03. The molecule has 0 atom stereocenters. The van der Waals surface area contributed by atoms with E-state index in [1.165, 1.54) is 0 Å². The SMILES string of the molecule is Nc1nc2cc(F)c(F)cc2nc1Cl. The molecule has 1 heterocycles. The Morgan fingerprint density at radius 3 is 2.14 bits per heavy atom. The lowest BCUT2D eigenvalue weighted by molar-refractivity contribution is 0.510. The smallest absolute Gasteiger partial charge is 0.171 e. The van der Waals surface area contributed by atoms with Crippen molar-refractivity contribution in [3.63, 3.8) is 0 Å². The molecule has 0 radical (unpaired) electrons. The number of nitrogen functional groups attached to an aromatic ring is 1. The van der Waals surface area contributed by atoms with Crippen LogP contribution in [0.5, 0.6) is 0 Å². The second-order valence-electron chi connectivity index (χ2n) is 2.65. The van der Waals surface area contributed by atoms with E-state index in [9.17, 15) is 8.78 Å². The number of aromatic nitrogens is 2. The van der Waals surface area contributed by atoms with Crippen molar-refractivity contribution in [2.24, 2.45) is 0 Å². The molecule has 0 aliphatic rings. The summed E-state index contributed by atoms with van der Waals surface area (Å²) in [5.41, 5.74) is 5.69. The minimum Gasteiger partial charge on any atom is -0.381 e. The molecule has 0 fully saturated rings. The third-order valence-electron chi connectivity index (χ3n) is 1.69. The van der Waals surface area contributed by atoms with E-state index in [4.69, 9.17) is 17.3 Å². The van der Waals surface area contributed by atoms with Crippen LogP contribution in [0.15, 0.2) is 12.1 Å². The number of hydrogen-bond acceptors (Lipinski definition) is 3. The van der Waals surface area contributed by atoms with Crippen molar-refractivity contribution < 1.29 is 8.78 Å². The molecular weight excluding hydrogens is 212 g/mol. The highest BCUT2D eigenvalue weighted by molar-refractivity contribution is 6.31. The van der Waals surface area contributed by atoms with Gasteiger partial charge in [0.15, 0.2) is 22.6 Å². The van der Waals surface area contributed by atoms with Crippen LogP contribution in [0.25, 0.3) is 11.0 Å². The molecule has 0 aliphatic carbocycles. The Kier molecular flexibility index (Phi) is 1.96. The number of nitrogens with zero attached hydrogens (tertiary/aromatic N) is 2. The van der Waals surface area contributed by atoms with E-state index in [1.54, 1.807) is 0 Å². The van der Waals surface area contributed by atoms with Crippen LogP contribution in [-0.4, -0.2) is 9.97 Å². The number of anilines is 1. The highest BCUT2D eigenvalue weighted by atomic mass is 35.5. The molecule has 0 spiro atoms. The molecule has 1 aromatic carbocycles. The Bertz CT molecular complexity index is 426. The quantitative estimate of drug-likeness (QED) is 0.733. The molecule has 0 aliphatic heterocycles. The maximum atomic E-state index is 12.8. The summed E-state index contributed by atoms with van der Waals surface area (Å²) >= 11 is 5.56. The van der Waals surface area contributed by atoms with Gasteiger partial charge in [-0.1, -0.05) is 11.6 Å². The van der Waals surface area contributed by atoms with E-state index in [2.05, 4.69) is 9.97 Å². The zero-order valence-electron chi connectivity index (χ0n) is 6.76. The van der Waals surface area contributed by atoms with E-state index in [-0.39, 0.29) is 22.0 Å². The summed E-state index contributed by atoms with van der Waals surface area (Å²) in [4.78, 5) is 7.50. The zero-order chi connectivity index (χ0) is 10.3. The fourth-order valence-corrected chi connectivity index (χ4v) is 1.18. The minimum absolute atomic E-state index is 0.00910. The lowest BCUT2D eigenvalue weighted by Crippen LogP contribution is -1.96. The van der Waals surface area contributed by atoms with Gasteiger partial charge in [0.05, 0.1) is 11.0 Å². The molecule has 0 unspecified atom stereocenters. The predicted octanol–water partition coefficient (Wildman–Crippen LogP) is 2.14. The van der Waals surface area contributed by atoms with E-state index in [1.807, 2.05) is 0 Å². The number of halogens is 3. The number of benzene rings is 1. The van der Waals surface area contributed by atoms with Crippen molar-refractivity contribution in [3.05, 3.63) is 28.9 Å². The third kappa shape index (κ3) is 1.35. The van der Waals surface area contributed by atoms with Crippen LogP contribution in [-0.2, 0) is 0 Å². The highest BCUT2D eigenvalue weighted by Crippen LogP contribution is 2.20. The number of fused-ring (bicyclic) bond motifs is 1. The topological polar surface area (TPSA) is 51.8 Å². The van der Waals surface area contributed by atoms with Gasteiger partial charge >= 0.3 is 0 Å². The molecule has 1 aromatic heterocycles. The minimum atomic E-state index is -0.993. The van der Waals surface area contributed by atoms with Crippen molar-refractivity contribution in [2.75, 3.05) is 5.73 Å². The van der Waals surface area contributed by atoms with Gasteiger partial charge in [-0.15, -0.1) is 0 Å².